The van der Waals surface area contributed by atoms with E-state index in [0.29, 0.717) is 0 Å². The highest BCUT2D eigenvalue weighted by Crippen LogP contribution is 2.42. The SMILES string of the molecule is COc1ccc2c(Cc3ccc(CN4CCCC4)c(OC)c3)c(-c3ccc(OCCN4CCCC4)cc3)sc2c1. The summed E-state index contributed by atoms with van der Waals surface area (Å²) in [4.78, 5) is 6.31. The molecule has 2 aliphatic heterocycles. The lowest BCUT2D eigenvalue weighted by atomic mass is 9.97. The van der Waals surface area contributed by atoms with Crippen LogP contribution in [-0.4, -0.2) is 63.4 Å². The zero-order valence-electron chi connectivity index (χ0n) is 23.8. The maximum atomic E-state index is 6.09. The lowest BCUT2D eigenvalue weighted by Gasteiger charge is -2.18. The summed E-state index contributed by atoms with van der Waals surface area (Å²) in [6, 6.07) is 21.8. The second-order valence-electron chi connectivity index (χ2n) is 11.0. The number of fused-ring (bicyclic) bond motifs is 1. The number of hydrogen-bond donors (Lipinski definition) is 0. The van der Waals surface area contributed by atoms with Crippen molar-refractivity contribution in [3.63, 3.8) is 0 Å². The van der Waals surface area contributed by atoms with Crippen LogP contribution in [0.25, 0.3) is 20.5 Å². The summed E-state index contributed by atoms with van der Waals surface area (Å²) >= 11 is 1.84. The zero-order chi connectivity index (χ0) is 27.3. The molecule has 4 aromatic rings. The summed E-state index contributed by atoms with van der Waals surface area (Å²) in [7, 11) is 3.52. The molecule has 2 aliphatic rings. The van der Waals surface area contributed by atoms with Crippen LogP contribution in [0.15, 0.2) is 60.7 Å². The highest BCUT2D eigenvalue weighted by molar-refractivity contribution is 7.22. The fourth-order valence-electron chi connectivity index (χ4n) is 6.08. The van der Waals surface area contributed by atoms with Crippen molar-refractivity contribution in [3.05, 3.63) is 77.4 Å². The first-order valence-electron chi connectivity index (χ1n) is 14.6. The van der Waals surface area contributed by atoms with Gasteiger partial charge in [-0.25, -0.2) is 0 Å². The van der Waals surface area contributed by atoms with E-state index in [2.05, 4.69) is 70.5 Å². The average molecular weight is 557 g/mol. The van der Waals surface area contributed by atoms with Gasteiger partial charge in [0.15, 0.2) is 0 Å². The van der Waals surface area contributed by atoms with Crippen LogP contribution >= 0.6 is 11.3 Å². The summed E-state index contributed by atoms with van der Waals surface area (Å²) in [5, 5.41) is 1.28. The Bertz CT molecular complexity index is 1420. The molecule has 1 aromatic heterocycles. The van der Waals surface area contributed by atoms with Crippen molar-refractivity contribution in [2.24, 2.45) is 0 Å². The molecule has 0 amide bonds. The normalized spacial score (nSPS) is 16.1. The Hall–Kier alpha value is -3.06. The number of thiophene rings is 1. The molecule has 40 heavy (non-hydrogen) atoms. The van der Waals surface area contributed by atoms with E-state index in [1.54, 1.807) is 14.2 Å². The molecule has 0 atom stereocenters. The predicted octanol–water partition coefficient (Wildman–Crippen LogP) is 7.25. The lowest BCUT2D eigenvalue weighted by molar-refractivity contribution is 0.238. The molecule has 0 N–H and O–H groups in total. The van der Waals surface area contributed by atoms with Gasteiger partial charge >= 0.3 is 0 Å². The van der Waals surface area contributed by atoms with Crippen molar-refractivity contribution < 1.29 is 14.2 Å². The molecule has 0 saturated carbocycles. The fraction of sp³-hybridized carbons (Fsp3) is 0.412. The highest BCUT2D eigenvalue weighted by atomic mass is 32.1. The maximum absolute atomic E-state index is 6.09. The van der Waals surface area contributed by atoms with Crippen molar-refractivity contribution in [2.45, 2.75) is 38.6 Å². The van der Waals surface area contributed by atoms with Gasteiger partial charge in [0.2, 0.25) is 0 Å². The highest BCUT2D eigenvalue weighted by Gasteiger charge is 2.18. The molecule has 0 aliphatic carbocycles. The van der Waals surface area contributed by atoms with Crippen LogP contribution in [0.4, 0.5) is 0 Å². The Morgan fingerprint density at radius 1 is 0.750 bits per heavy atom. The average Bonchev–Trinajstić information content (AvgIpc) is 3.76. The standard InChI is InChI=1S/C34H40N2O3S/c1-37-29-13-14-30-31(21-25-7-8-27(32(22-25)38-2)24-36-17-5-6-18-36)34(40-33(30)23-29)26-9-11-28(12-10-26)39-20-19-35-15-3-4-16-35/h7-14,22-23H,3-6,15-21,24H2,1-2H3. The molecule has 5 nitrogen and oxygen atoms in total. The van der Waals surface area contributed by atoms with Crippen LogP contribution in [-0.2, 0) is 13.0 Å². The van der Waals surface area contributed by atoms with Gasteiger partial charge in [-0.3, -0.25) is 9.80 Å². The van der Waals surface area contributed by atoms with E-state index in [1.165, 1.54) is 89.1 Å². The Kier molecular flexibility index (Phi) is 8.57. The van der Waals surface area contributed by atoms with Gasteiger partial charge in [-0.1, -0.05) is 12.1 Å². The van der Waals surface area contributed by atoms with Crippen molar-refractivity contribution in [3.8, 4) is 27.7 Å². The zero-order valence-corrected chi connectivity index (χ0v) is 24.6. The third kappa shape index (κ3) is 6.14. The van der Waals surface area contributed by atoms with Crippen LogP contribution in [0.2, 0.25) is 0 Å². The number of methoxy groups -OCH3 is 2. The summed E-state index contributed by atoms with van der Waals surface area (Å²) in [6.45, 7) is 7.47. The lowest BCUT2D eigenvalue weighted by Crippen LogP contribution is -2.25. The topological polar surface area (TPSA) is 34.2 Å². The molecule has 2 fully saturated rings. The summed E-state index contributed by atoms with van der Waals surface area (Å²) < 4.78 is 18.7. The Morgan fingerprint density at radius 3 is 2.20 bits per heavy atom. The second kappa shape index (κ2) is 12.6. The van der Waals surface area contributed by atoms with Crippen molar-refractivity contribution >= 4 is 21.4 Å². The molecule has 6 rings (SSSR count). The number of rotatable bonds is 11. The third-order valence-corrected chi connectivity index (χ3v) is 9.56. The molecule has 6 heteroatoms. The summed E-state index contributed by atoms with van der Waals surface area (Å²) in [6.07, 6.45) is 6.06. The number of benzene rings is 3. The summed E-state index contributed by atoms with van der Waals surface area (Å²) in [5.41, 5.74) is 5.11. The van der Waals surface area contributed by atoms with Crippen molar-refractivity contribution in [1.29, 1.82) is 0 Å². The molecule has 0 unspecified atom stereocenters. The molecule has 0 bridgehead atoms. The van der Waals surface area contributed by atoms with Crippen LogP contribution in [0.5, 0.6) is 17.2 Å². The Balaban J connectivity index is 1.26. The molecule has 0 spiro atoms. The van der Waals surface area contributed by atoms with E-state index in [4.69, 9.17) is 14.2 Å². The van der Waals surface area contributed by atoms with Gasteiger partial charge < -0.3 is 14.2 Å². The van der Waals surface area contributed by atoms with E-state index in [1.807, 2.05) is 11.3 Å². The van der Waals surface area contributed by atoms with Crippen LogP contribution in [0, 0.1) is 0 Å². The van der Waals surface area contributed by atoms with Gasteiger partial charge in [0.05, 0.1) is 14.2 Å². The summed E-state index contributed by atoms with van der Waals surface area (Å²) in [5.74, 6) is 2.81. The van der Waals surface area contributed by atoms with E-state index < -0.39 is 0 Å². The smallest absolute Gasteiger partial charge is 0.123 e. The van der Waals surface area contributed by atoms with Gasteiger partial charge in [-0.05, 0) is 129 Å². The minimum Gasteiger partial charge on any atom is -0.497 e. The first-order chi connectivity index (χ1) is 19.7. The van der Waals surface area contributed by atoms with Gasteiger partial charge in [-0.15, -0.1) is 11.3 Å². The quantitative estimate of drug-likeness (QED) is 0.194. The van der Waals surface area contributed by atoms with Gasteiger partial charge in [0, 0.05) is 28.2 Å². The first-order valence-corrected chi connectivity index (χ1v) is 15.4. The third-order valence-electron chi connectivity index (χ3n) is 8.32. The minimum atomic E-state index is 0.739. The van der Waals surface area contributed by atoms with Gasteiger partial charge in [0.25, 0.3) is 0 Å². The van der Waals surface area contributed by atoms with Crippen LogP contribution in [0.1, 0.15) is 42.4 Å². The van der Waals surface area contributed by atoms with E-state index in [9.17, 15) is 0 Å². The molecule has 3 aromatic carbocycles. The monoisotopic (exact) mass is 556 g/mol. The molecule has 2 saturated heterocycles. The first kappa shape index (κ1) is 27.1. The number of likely N-dealkylation sites (tertiary alicyclic amines) is 2. The molecular formula is C34H40N2O3S. The molecule has 0 radical (unpaired) electrons. The van der Waals surface area contributed by atoms with Crippen molar-refractivity contribution in [2.75, 3.05) is 53.6 Å². The molecule has 210 valence electrons. The van der Waals surface area contributed by atoms with E-state index in [-0.39, 0.29) is 0 Å². The predicted molar refractivity (Wildman–Crippen MR) is 165 cm³/mol. The Morgan fingerprint density at radius 2 is 1.48 bits per heavy atom. The minimum absolute atomic E-state index is 0.739. The van der Waals surface area contributed by atoms with E-state index in [0.717, 1.165) is 43.4 Å². The van der Waals surface area contributed by atoms with E-state index >= 15 is 0 Å². The second-order valence-corrected chi connectivity index (χ2v) is 12.1. The maximum Gasteiger partial charge on any atom is 0.123 e. The largest absolute Gasteiger partial charge is 0.497 e. The van der Waals surface area contributed by atoms with Crippen LogP contribution < -0.4 is 14.2 Å². The number of ether oxygens (including phenoxy) is 3. The van der Waals surface area contributed by atoms with Crippen LogP contribution in [0.3, 0.4) is 0 Å². The molecule has 3 heterocycles. The van der Waals surface area contributed by atoms with Crippen molar-refractivity contribution in [1.82, 2.24) is 9.80 Å². The molecular weight excluding hydrogens is 516 g/mol. The Labute approximate surface area is 242 Å². The van der Waals surface area contributed by atoms with Gasteiger partial charge in [-0.2, -0.15) is 0 Å². The fourth-order valence-corrected chi connectivity index (χ4v) is 7.34. The number of nitrogens with zero attached hydrogens (tertiary/aromatic N) is 2. The number of hydrogen-bond acceptors (Lipinski definition) is 6. The van der Waals surface area contributed by atoms with Gasteiger partial charge in [0.1, 0.15) is 23.9 Å².